The van der Waals surface area contributed by atoms with E-state index < -0.39 is 10.0 Å². The summed E-state index contributed by atoms with van der Waals surface area (Å²) < 4.78 is 27.0. The highest BCUT2D eigenvalue weighted by Crippen LogP contribution is 2.22. The van der Waals surface area contributed by atoms with E-state index in [1.807, 2.05) is 0 Å². The molecule has 80 valence electrons. The monoisotopic (exact) mass is 227 g/mol. The van der Waals surface area contributed by atoms with Gasteiger partial charge in [0, 0.05) is 11.5 Å². The van der Waals surface area contributed by atoms with Crippen LogP contribution in [-0.4, -0.2) is 13.5 Å². The van der Waals surface area contributed by atoms with Crippen LogP contribution in [0.15, 0.2) is 33.8 Å². The van der Waals surface area contributed by atoms with Crippen molar-refractivity contribution in [3.8, 4) is 0 Å². The number of furan rings is 1. The van der Waals surface area contributed by atoms with Crippen molar-refractivity contribution < 1.29 is 17.9 Å². The Hall–Kier alpha value is -1.37. The molecule has 2 aromatic rings. The Morgan fingerprint density at radius 1 is 1.33 bits per heavy atom. The van der Waals surface area contributed by atoms with Crippen molar-refractivity contribution >= 4 is 21.0 Å². The second kappa shape index (κ2) is 3.34. The quantitative estimate of drug-likeness (QED) is 0.784. The maximum Gasteiger partial charge on any atom is 0.271 e. The topological polar surface area (TPSA) is 93.5 Å². The predicted molar refractivity (Wildman–Crippen MR) is 53.5 cm³/mol. The number of sulfonamides is 1. The van der Waals surface area contributed by atoms with Crippen LogP contribution in [0.5, 0.6) is 0 Å². The van der Waals surface area contributed by atoms with Crippen LogP contribution in [0.2, 0.25) is 0 Å². The van der Waals surface area contributed by atoms with Crippen molar-refractivity contribution in [2.75, 3.05) is 0 Å². The van der Waals surface area contributed by atoms with Crippen molar-refractivity contribution in [2.45, 2.75) is 11.7 Å². The van der Waals surface area contributed by atoms with Crippen LogP contribution in [0.3, 0.4) is 0 Å². The molecule has 0 saturated carbocycles. The van der Waals surface area contributed by atoms with Gasteiger partial charge in [-0.15, -0.1) is 0 Å². The molecule has 1 aromatic heterocycles. The maximum atomic E-state index is 11.0. The van der Waals surface area contributed by atoms with Crippen LogP contribution < -0.4 is 5.14 Å². The summed E-state index contributed by atoms with van der Waals surface area (Å²) in [5, 5.41) is 14.1. The lowest BCUT2D eigenvalue weighted by molar-refractivity contribution is 0.282. The summed E-state index contributed by atoms with van der Waals surface area (Å²) in [4.78, 5) is 0. The fourth-order valence-electron chi connectivity index (χ4n) is 1.31. The van der Waals surface area contributed by atoms with E-state index in [2.05, 4.69) is 0 Å². The first kappa shape index (κ1) is 10.2. The van der Waals surface area contributed by atoms with Gasteiger partial charge in [0.1, 0.15) is 5.58 Å². The first-order valence-corrected chi connectivity index (χ1v) is 5.71. The average molecular weight is 227 g/mol. The molecule has 5 nitrogen and oxygen atoms in total. The lowest BCUT2D eigenvalue weighted by atomic mass is 10.2. The lowest BCUT2D eigenvalue weighted by Crippen LogP contribution is -2.10. The molecule has 0 atom stereocenters. The van der Waals surface area contributed by atoms with E-state index in [0.717, 1.165) is 0 Å². The summed E-state index contributed by atoms with van der Waals surface area (Å²) in [5.41, 5.74) is 1.11. The third-order valence-corrected chi connectivity index (χ3v) is 2.78. The minimum Gasteiger partial charge on any atom is -0.443 e. The Morgan fingerprint density at radius 2 is 2.07 bits per heavy atom. The first-order valence-electron chi connectivity index (χ1n) is 4.17. The number of aliphatic hydroxyl groups is 1. The molecule has 0 bridgehead atoms. The number of primary sulfonamides is 1. The Kier molecular flexibility index (Phi) is 2.26. The van der Waals surface area contributed by atoms with Crippen molar-refractivity contribution in [2.24, 2.45) is 5.14 Å². The fraction of sp³-hybridized carbons (Fsp3) is 0.111. The van der Waals surface area contributed by atoms with Crippen LogP contribution in [-0.2, 0) is 16.6 Å². The van der Waals surface area contributed by atoms with Crippen LogP contribution in [0, 0.1) is 0 Å². The van der Waals surface area contributed by atoms with E-state index in [-0.39, 0.29) is 11.7 Å². The largest absolute Gasteiger partial charge is 0.443 e. The molecule has 0 aliphatic rings. The molecular formula is C9H9NO4S. The SMILES string of the molecule is NS(=O)(=O)c1cc2cc(CO)ccc2o1. The third-order valence-electron chi connectivity index (χ3n) is 2.02. The third kappa shape index (κ3) is 1.87. The fourth-order valence-corrected chi connectivity index (χ4v) is 1.80. The van der Waals surface area contributed by atoms with Gasteiger partial charge in [0.25, 0.3) is 10.0 Å². The second-order valence-electron chi connectivity index (χ2n) is 3.14. The van der Waals surface area contributed by atoms with Crippen molar-refractivity contribution in [1.29, 1.82) is 0 Å². The van der Waals surface area contributed by atoms with Crippen molar-refractivity contribution in [1.82, 2.24) is 0 Å². The van der Waals surface area contributed by atoms with Gasteiger partial charge < -0.3 is 9.52 Å². The molecule has 0 spiro atoms. The van der Waals surface area contributed by atoms with E-state index >= 15 is 0 Å². The molecule has 1 aromatic carbocycles. The molecule has 2 rings (SSSR count). The molecule has 3 N–H and O–H groups in total. The lowest BCUT2D eigenvalue weighted by Gasteiger charge is -1.93. The summed E-state index contributed by atoms with van der Waals surface area (Å²) in [6.45, 7) is -0.105. The van der Waals surface area contributed by atoms with Crippen molar-refractivity contribution in [3.63, 3.8) is 0 Å². The van der Waals surface area contributed by atoms with E-state index in [4.69, 9.17) is 14.7 Å². The van der Waals surface area contributed by atoms with E-state index in [0.29, 0.717) is 16.5 Å². The van der Waals surface area contributed by atoms with Gasteiger partial charge in [-0.25, -0.2) is 13.6 Å². The average Bonchev–Trinajstić information content (AvgIpc) is 2.59. The molecule has 1 heterocycles. The molecule has 0 amide bonds. The summed E-state index contributed by atoms with van der Waals surface area (Å²) in [5.74, 6) is 0. The Labute approximate surface area is 86.2 Å². The summed E-state index contributed by atoms with van der Waals surface area (Å²) in [6, 6.07) is 6.23. The van der Waals surface area contributed by atoms with Gasteiger partial charge in [-0.05, 0) is 17.7 Å². The molecule has 0 aliphatic carbocycles. The zero-order valence-electron chi connectivity index (χ0n) is 7.67. The number of nitrogens with two attached hydrogens (primary N) is 1. The minimum atomic E-state index is -3.81. The van der Waals surface area contributed by atoms with Gasteiger partial charge >= 0.3 is 0 Å². The Bertz CT molecular complexity index is 600. The van der Waals surface area contributed by atoms with Crippen LogP contribution in [0.1, 0.15) is 5.56 Å². The van der Waals surface area contributed by atoms with Gasteiger partial charge in [0.05, 0.1) is 6.61 Å². The minimum absolute atomic E-state index is 0.105. The second-order valence-corrected chi connectivity index (χ2v) is 4.63. The number of rotatable bonds is 2. The van der Waals surface area contributed by atoms with E-state index in [9.17, 15) is 8.42 Å². The van der Waals surface area contributed by atoms with Crippen LogP contribution >= 0.6 is 0 Å². The molecule has 0 radical (unpaired) electrons. The van der Waals surface area contributed by atoms with E-state index in [1.165, 1.54) is 6.07 Å². The van der Waals surface area contributed by atoms with Gasteiger partial charge in [-0.1, -0.05) is 6.07 Å². The standard InChI is InChI=1S/C9H9NO4S/c10-15(12,13)9-4-7-3-6(5-11)1-2-8(7)14-9/h1-4,11H,5H2,(H2,10,12,13). The van der Waals surface area contributed by atoms with Gasteiger partial charge in [-0.3, -0.25) is 0 Å². The molecule has 0 unspecified atom stereocenters. The molecular weight excluding hydrogens is 218 g/mol. The number of hydrogen-bond acceptors (Lipinski definition) is 4. The highest BCUT2D eigenvalue weighted by molar-refractivity contribution is 7.89. The van der Waals surface area contributed by atoms with Crippen LogP contribution in [0.25, 0.3) is 11.0 Å². The van der Waals surface area contributed by atoms with Crippen molar-refractivity contribution in [3.05, 3.63) is 29.8 Å². The molecule has 0 saturated heterocycles. The van der Waals surface area contributed by atoms with Gasteiger partial charge in [-0.2, -0.15) is 0 Å². The van der Waals surface area contributed by atoms with Crippen LogP contribution in [0.4, 0.5) is 0 Å². The molecule has 0 aliphatic heterocycles. The van der Waals surface area contributed by atoms with E-state index in [1.54, 1.807) is 18.2 Å². The summed E-state index contributed by atoms with van der Waals surface area (Å²) in [6.07, 6.45) is 0. The number of aliphatic hydroxyl groups excluding tert-OH is 1. The molecule has 0 fully saturated rings. The number of fused-ring (bicyclic) bond motifs is 1. The normalized spacial score (nSPS) is 12.1. The number of hydrogen-bond donors (Lipinski definition) is 2. The van der Waals surface area contributed by atoms with Gasteiger partial charge in [0.15, 0.2) is 0 Å². The Morgan fingerprint density at radius 3 is 2.67 bits per heavy atom. The zero-order chi connectivity index (χ0) is 11.1. The summed E-state index contributed by atoms with van der Waals surface area (Å²) in [7, 11) is -3.81. The smallest absolute Gasteiger partial charge is 0.271 e. The highest BCUT2D eigenvalue weighted by Gasteiger charge is 2.14. The highest BCUT2D eigenvalue weighted by atomic mass is 32.2. The Balaban J connectivity index is 2.66. The molecule has 15 heavy (non-hydrogen) atoms. The zero-order valence-corrected chi connectivity index (χ0v) is 8.49. The maximum absolute atomic E-state index is 11.0. The molecule has 6 heteroatoms. The predicted octanol–water partition coefficient (Wildman–Crippen LogP) is 0.573. The summed E-state index contributed by atoms with van der Waals surface area (Å²) >= 11 is 0. The number of benzene rings is 1. The van der Waals surface area contributed by atoms with Gasteiger partial charge in [0.2, 0.25) is 5.09 Å². The first-order chi connectivity index (χ1) is 7.00.